The average Bonchev–Trinajstić information content (AvgIpc) is 2.16. The second-order valence-electron chi connectivity index (χ2n) is 4.32. The fourth-order valence-corrected chi connectivity index (χ4v) is 1.29. The summed E-state index contributed by atoms with van der Waals surface area (Å²) in [5.74, 6) is -0.384. The third kappa shape index (κ3) is 2.78. The van der Waals surface area contributed by atoms with E-state index < -0.39 is 5.97 Å². The van der Waals surface area contributed by atoms with Crippen molar-refractivity contribution in [1.29, 1.82) is 0 Å². The first-order valence-corrected chi connectivity index (χ1v) is 5.17. The minimum absolute atomic E-state index is 0.252. The van der Waals surface area contributed by atoms with E-state index in [1.807, 2.05) is 27.7 Å². The number of carbonyl (C=O) groups is 1. The number of pyridine rings is 1. The summed E-state index contributed by atoms with van der Waals surface area (Å²) in [6, 6.07) is 3.30. The van der Waals surface area contributed by atoms with Crippen LogP contribution in [-0.4, -0.2) is 16.1 Å². The molecule has 1 rings (SSSR count). The third-order valence-corrected chi connectivity index (χ3v) is 2.29. The van der Waals surface area contributed by atoms with Crippen molar-refractivity contribution < 1.29 is 9.90 Å². The number of hydrogen-bond donors (Lipinski definition) is 1. The molecule has 0 spiro atoms. The van der Waals surface area contributed by atoms with Gasteiger partial charge in [0, 0.05) is 11.4 Å². The van der Waals surface area contributed by atoms with Gasteiger partial charge in [0.1, 0.15) is 0 Å². The fraction of sp³-hybridized carbons (Fsp3) is 0.500. The second-order valence-corrected chi connectivity index (χ2v) is 4.32. The Bertz CT molecular complexity index is 344. The van der Waals surface area contributed by atoms with Gasteiger partial charge in [-0.15, -0.1) is 0 Å². The second kappa shape index (κ2) is 4.43. The predicted octanol–water partition coefficient (Wildman–Crippen LogP) is 3.03. The lowest BCUT2D eigenvalue weighted by Crippen LogP contribution is -2.05. The Morgan fingerprint density at radius 1 is 1.13 bits per heavy atom. The van der Waals surface area contributed by atoms with Crippen molar-refractivity contribution in [1.82, 2.24) is 4.98 Å². The Hall–Kier alpha value is -1.38. The highest BCUT2D eigenvalue weighted by atomic mass is 16.4. The molecular weight excluding hydrogens is 190 g/mol. The maximum atomic E-state index is 10.9. The summed E-state index contributed by atoms with van der Waals surface area (Å²) in [7, 11) is 0. The maximum absolute atomic E-state index is 10.9. The van der Waals surface area contributed by atoms with Gasteiger partial charge in [-0.25, -0.2) is 4.79 Å². The number of carboxylic acids is 1. The van der Waals surface area contributed by atoms with Gasteiger partial charge in [0.2, 0.25) is 0 Å². The molecule has 0 saturated carbocycles. The third-order valence-electron chi connectivity index (χ3n) is 2.29. The van der Waals surface area contributed by atoms with Gasteiger partial charge in [-0.2, -0.15) is 0 Å². The average molecular weight is 207 g/mol. The first-order chi connectivity index (χ1) is 6.91. The Labute approximate surface area is 90.2 Å². The molecule has 1 aromatic heterocycles. The van der Waals surface area contributed by atoms with Crippen LogP contribution in [0.5, 0.6) is 0 Å². The van der Waals surface area contributed by atoms with E-state index in [0.717, 1.165) is 11.4 Å². The molecule has 0 radical (unpaired) electrons. The summed E-state index contributed by atoms with van der Waals surface area (Å²) in [5, 5.41) is 8.97. The number of nitrogens with zero attached hydrogens (tertiary/aromatic N) is 1. The standard InChI is InChI=1S/C12H17NO2/c1-7(2)10-5-9(12(14)15)6-11(13-10)8(3)4/h5-8H,1-4H3,(H,14,15). The van der Waals surface area contributed by atoms with E-state index in [1.54, 1.807) is 12.1 Å². The van der Waals surface area contributed by atoms with Crippen LogP contribution in [0.15, 0.2) is 12.1 Å². The summed E-state index contributed by atoms with van der Waals surface area (Å²) in [5.41, 5.74) is 2.02. The van der Waals surface area contributed by atoms with Crippen LogP contribution in [0.25, 0.3) is 0 Å². The quantitative estimate of drug-likeness (QED) is 0.828. The van der Waals surface area contributed by atoms with Crippen molar-refractivity contribution in [2.75, 3.05) is 0 Å². The van der Waals surface area contributed by atoms with E-state index in [4.69, 9.17) is 5.11 Å². The van der Waals surface area contributed by atoms with Crippen molar-refractivity contribution in [2.24, 2.45) is 0 Å². The van der Waals surface area contributed by atoms with Gasteiger partial charge in [0.25, 0.3) is 0 Å². The van der Waals surface area contributed by atoms with Gasteiger partial charge in [-0.3, -0.25) is 4.98 Å². The van der Waals surface area contributed by atoms with Gasteiger partial charge < -0.3 is 5.11 Å². The zero-order chi connectivity index (χ0) is 11.6. The minimum atomic E-state index is -0.888. The van der Waals surface area contributed by atoms with Crippen LogP contribution < -0.4 is 0 Å². The van der Waals surface area contributed by atoms with Crippen LogP contribution in [0, 0.1) is 0 Å². The zero-order valence-corrected chi connectivity index (χ0v) is 9.61. The van der Waals surface area contributed by atoms with Crippen LogP contribution in [0.1, 0.15) is 61.3 Å². The molecule has 0 atom stereocenters. The van der Waals surface area contributed by atoms with Crippen molar-refractivity contribution in [3.8, 4) is 0 Å². The summed E-state index contributed by atoms with van der Waals surface area (Å²) in [6.07, 6.45) is 0. The largest absolute Gasteiger partial charge is 0.478 e. The molecule has 0 bridgehead atoms. The van der Waals surface area contributed by atoms with Crippen LogP contribution in [-0.2, 0) is 0 Å². The van der Waals surface area contributed by atoms with Crippen LogP contribution in [0.3, 0.4) is 0 Å². The summed E-state index contributed by atoms with van der Waals surface area (Å²) in [6.45, 7) is 8.05. The molecule has 0 saturated heterocycles. The van der Waals surface area contributed by atoms with Crippen molar-refractivity contribution in [2.45, 2.75) is 39.5 Å². The highest BCUT2D eigenvalue weighted by Gasteiger charge is 2.12. The number of hydrogen-bond acceptors (Lipinski definition) is 2. The van der Waals surface area contributed by atoms with Gasteiger partial charge >= 0.3 is 5.97 Å². The smallest absolute Gasteiger partial charge is 0.335 e. The lowest BCUT2D eigenvalue weighted by molar-refractivity contribution is 0.0696. The SMILES string of the molecule is CC(C)c1cc(C(=O)O)cc(C(C)C)n1. The Kier molecular flexibility index (Phi) is 3.45. The molecule has 0 aliphatic rings. The molecule has 0 amide bonds. The molecule has 1 heterocycles. The number of aromatic nitrogens is 1. The molecule has 15 heavy (non-hydrogen) atoms. The van der Waals surface area contributed by atoms with Crippen molar-refractivity contribution in [3.05, 3.63) is 29.1 Å². The van der Waals surface area contributed by atoms with Crippen LogP contribution in [0.4, 0.5) is 0 Å². The van der Waals surface area contributed by atoms with Gasteiger partial charge in [0.15, 0.2) is 0 Å². The number of aromatic carboxylic acids is 1. The molecule has 82 valence electrons. The van der Waals surface area contributed by atoms with E-state index in [9.17, 15) is 4.79 Å². The molecular formula is C12H17NO2. The normalized spacial score (nSPS) is 11.1. The number of carboxylic acid groups (broad SMARTS) is 1. The Balaban J connectivity index is 3.26. The summed E-state index contributed by atoms with van der Waals surface area (Å²) >= 11 is 0. The minimum Gasteiger partial charge on any atom is -0.478 e. The van der Waals surface area contributed by atoms with Crippen LogP contribution in [0.2, 0.25) is 0 Å². The van der Waals surface area contributed by atoms with E-state index in [0.29, 0.717) is 5.56 Å². The molecule has 0 unspecified atom stereocenters. The summed E-state index contributed by atoms with van der Waals surface area (Å²) in [4.78, 5) is 15.4. The van der Waals surface area contributed by atoms with Crippen LogP contribution >= 0.6 is 0 Å². The lowest BCUT2D eigenvalue weighted by atomic mass is 10.0. The van der Waals surface area contributed by atoms with E-state index in [1.165, 1.54) is 0 Å². The molecule has 1 aromatic rings. The highest BCUT2D eigenvalue weighted by Crippen LogP contribution is 2.19. The zero-order valence-electron chi connectivity index (χ0n) is 9.61. The first-order valence-electron chi connectivity index (χ1n) is 5.17. The maximum Gasteiger partial charge on any atom is 0.335 e. The Morgan fingerprint density at radius 3 is 1.80 bits per heavy atom. The molecule has 0 fully saturated rings. The summed E-state index contributed by atoms with van der Waals surface area (Å²) < 4.78 is 0. The van der Waals surface area contributed by atoms with Gasteiger partial charge in [-0.1, -0.05) is 27.7 Å². The molecule has 1 N–H and O–H groups in total. The fourth-order valence-electron chi connectivity index (χ4n) is 1.29. The molecule has 0 aliphatic carbocycles. The predicted molar refractivity (Wildman–Crippen MR) is 59.4 cm³/mol. The first kappa shape index (κ1) is 11.7. The van der Waals surface area contributed by atoms with E-state index >= 15 is 0 Å². The molecule has 3 heteroatoms. The van der Waals surface area contributed by atoms with Gasteiger partial charge in [0.05, 0.1) is 5.56 Å². The molecule has 3 nitrogen and oxygen atoms in total. The number of rotatable bonds is 3. The van der Waals surface area contributed by atoms with E-state index in [-0.39, 0.29) is 11.8 Å². The van der Waals surface area contributed by atoms with E-state index in [2.05, 4.69) is 4.98 Å². The van der Waals surface area contributed by atoms with Crippen molar-refractivity contribution >= 4 is 5.97 Å². The highest BCUT2D eigenvalue weighted by molar-refractivity contribution is 5.87. The molecule has 0 aromatic carbocycles. The lowest BCUT2D eigenvalue weighted by Gasteiger charge is -2.11. The van der Waals surface area contributed by atoms with Crippen molar-refractivity contribution in [3.63, 3.8) is 0 Å². The monoisotopic (exact) mass is 207 g/mol. The topological polar surface area (TPSA) is 50.2 Å². The Morgan fingerprint density at radius 2 is 1.53 bits per heavy atom. The molecule has 0 aliphatic heterocycles. The van der Waals surface area contributed by atoms with Gasteiger partial charge in [-0.05, 0) is 24.0 Å².